The van der Waals surface area contributed by atoms with Crippen molar-refractivity contribution in [2.75, 3.05) is 13.7 Å². The first-order valence-corrected chi connectivity index (χ1v) is 12.9. The minimum atomic E-state index is -3.83. The van der Waals surface area contributed by atoms with Gasteiger partial charge >= 0.3 is 0 Å². The van der Waals surface area contributed by atoms with Crippen LogP contribution in [-0.2, 0) is 39.1 Å². The second-order valence-corrected chi connectivity index (χ2v) is 11.0. The first kappa shape index (κ1) is 22.1. The summed E-state index contributed by atoms with van der Waals surface area (Å²) in [5, 5.41) is 0. The van der Waals surface area contributed by atoms with E-state index in [9.17, 15) is 18.0 Å². The van der Waals surface area contributed by atoms with Gasteiger partial charge in [0, 0.05) is 13.1 Å². The number of carbonyl (C=O) groups is 2. The maximum absolute atomic E-state index is 13.6. The Morgan fingerprint density at radius 3 is 2.30 bits per heavy atom. The summed E-state index contributed by atoms with van der Waals surface area (Å²) in [7, 11) is -2.39. The first-order chi connectivity index (χ1) is 15.9. The minimum absolute atomic E-state index is 0.0680. The molecule has 2 aliphatic heterocycles. The van der Waals surface area contributed by atoms with Gasteiger partial charge in [-0.25, -0.2) is 8.42 Å². The lowest BCUT2D eigenvalue weighted by Gasteiger charge is -2.28. The van der Waals surface area contributed by atoms with E-state index in [1.807, 2.05) is 24.3 Å². The lowest BCUT2D eigenvalue weighted by molar-refractivity contribution is -0.140. The summed E-state index contributed by atoms with van der Waals surface area (Å²) in [6.07, 6.45) is 4.10. The molecule has 0 N–H and O–H groups in total. The number of fused-ring (bicyclic) bond motifs is 2. The number of sulfonamides is 1. The molecule has 0 aromatic heterocycles. The van der Waals surface area contributed by atoms with Crippen LogP contribution < -0.4 is 4.74 Å². The third-order valence-electron chi connectivity index (χ3n) is 7.21. The summed E-state index contributed by atoms with van der Waals surface area (Å²) < 4.78 is 34.0. The largest absolute Gasteiger partial charge is 0.495 e. The molecule has 2 aromatic carbocycles. The number of amides is 2. The predicted molar refractivity (Wildman–Crippen MR) is 122 cm³/mol. The van der Waals surface area contributed by atoms with Gasteiger partial charge in [-0.15, -0.1) is 0 Å². The smallest absolute Gasteiger partial charge is 0.247 e. The van der Waals surface area contributed by atoms with Gasteiger partial charge in [0.05, 0.1) is 25.5 Å². The maximum atomic E-state index is 13.6. The third-order valence-corrected chi connectivity index (χ3v) is 9.08. The minimum Gasteiger partial charge on any atom is -0.495 e. The summed E-state index contributed by atoms with van der Waals surface area (Å²) in [5.41, 5.74) is 2.77. The zero-order valence-corrected chi connectivity index (χ0v) is 19.5. The van der Waals surface area contributed by atoms with Crippen molar-refractivity contribution in [3.63, 3.8) is 0 Å². The molecule has 7 nitrogen and oxygen atoms in total. The molecule has 0 spiro atoms. The van der Waals surface area contributed by atoms with E-state index in [0.29, 0.717) is 25.1 Å². The van der Waals surface area contributed by atoms with Crippen molar-refractivity contribution in [3.05, 3.63) is 59.2 Å². The molecule has 2 amide bonds. The number of imide groups is 1. The predicted octanol–water partition coefficient (Wildman–Crippen LogP) is 3.12. The third kappa shape index (κ3) is 3.85. The van der Waals surface area contributed by atoms with Gasteiger partial charge in [0.15, 0.2) is 0 Å². The standard InChI is InChI=1S/C25H28N2O5S/c1-32-22-11-10-17(15-27-24(28)20-8-4-5-9-21(20)25(27)29)14-23(22)33(30,31)26-13-12-18-6-2-3-7-19(18)16-26/h2-3,6-7,10-11,14,20-21H,4-5,8-9,12-13,15-16H2,1H3/t20-,21-/m0/s1. The fourth-order valence-corrected chi connectivity index (χ4v) is 7.03. The van der Waals surface area contributed by atoms with Gasteiger partial charge in [-0.2, -0.15) is 4.31 Å². The van der Waals surface area contributed by atoms with Gasteiger partial charge in [0.25, 0.3) is 0 Å². The molecule has 8 heteroatoms. The van der Waals surface area contributed by atoms with E-state index < -0.39 is 10.0 Å². The summed E-state index contributed by atoms with van der Waals surface area (Å²) >= 11 is 0. The van der Waals surface area contributed by atoms with Gasteiger partial charge in [-0.05, 0) is 48.1 Å². The van der Waals surface area contributed by atoms with Gasteiger partial charge < -0.3 is 4.74 Å². The number of carbonyl (C=O) groups excluding carboxylic acids is 2. The Balaban J connectivity index is 1.43. The molecule has 0 unspecified atom stereocenters. The number of nitrogens with zero attached hydrogens (tertiary/aromatic N) is 2. The number of likely N-dealkylation sites (tertiary alicyclic amines) is 1. The van der Waals surface area contributed by atoms with Crippen molar-refractivity contribution in [2.45, 2.75) is 50.1 Å². The van der Waals surface area contributed by atoms with Crippen LogP contribution >= 0.6 is 0 Å². The monoisotopic (exact) mass is 468 g/mol. The Labute approximate surface area is 194 Å². The van der Waals surface area contributed by atoms with Gasteiger partial charge in [-0.1, -0.05) is 43.2 Å². The van der Waals surface area contributed by atoms with Crippen molar-refractivity contribution in [1.29, 1.82) is 0 Å². The van der Waals surface area contributed by atoms with Crippen LogP contribution in [0.5, 0.6) is 5.75 Å². The molecular weight excluding hydrogens is 440 g/mol. The van der Waals surface area contributed by atoms with E-state index in [4.69, 9.17) is 4.74 Å². The zero-order chi connectivity index (χ0) is 23.2. The number of hydrogen-bond acceptors (Lipinski definition) is 5. The average Bonchev–Trinajstić information content (AvgIpc) is 3.08. The molecule has 1 saturated heterocycles. The molecule has 3 aliphatic rings. The normalized spacial score (nSPS) is 23.4. The molecule has 2 atom stereocenters. The highest BCUT2D eigenvalue weighted by Gasteiger charge is 2.48. The van der Waals surface area contributed by atoms with E-state index in [1.165, 1.54) is 16.3 Å². The Morgan fingerprint density at radius 2 is 1.64 bits per heavy atom. The van der Waals surface area contributed by atoms with Crippen molar-refractivity contribution < 1.29 is 22.7 Å². The molecular formula is C25H28N2O5S. The number of rotatable bonds is 5. The van der Waals surface area contributed by atoms with E-state index in [0.717, 1.165) is 36.8 Å². The number of methoxy groups -OCH3 is 1. The SMILES string of the molecule is COc1ccc(CN2C(=O)[C@H]3CCCC[C@@H]3C2=O)cc1S(=O)(=O)N1CCc2ccccc2C1. The topological polar surface area (TPSA) is 84.0 Å². The van der Waals surface area contributed by atoms with E-state index in [2.05, 4.69) is 0 Å². The summed E-state index contributed by atoms with van der Waals surface area (Å²) in [4.78, 5) is 27.1. The van der Waals surface area contributed by atoms with E-state index in [-0.39, 0.29) is 40.8 Å². The van der Waals surface area contributed by atoms with Crippen LogP contribution in [0.25, 0.3) is 0 Å². The lowest BCUT2D eigenvalue weighted by atomic mass is 9.81. The summed E-state index contributed by atoms with van der Waals surface area (Å²) in [6, 6.07) is 12.8. The fourth-order valence-electron chi connectivity index (χ4n) is 5.40. The quantitative estimate of drug-likeness (QED) is 0.630. The molecule has 2 fully saturated rings. The van der Waals surface area contributed by atoms with E-state index >= 15 is 0 Å². The maximum Gasteiger partial charge on any atom is 0.247 e. The van der Waals surface area contributed by atoms with Crippen molar-refractivity contribution >= 4 is 21.8 Å². The molecule has 174 valence electrons. The van der Waals surface area contributed by atoms with Gasteiger partial charge in [0.1, 0.15) is 10.6 Å². The summed E-state index contributed by atoms with van der Waals surface area (Å²) in [6.45, 7) is 0.775. The van der Waals surface area contributed by atoms with Gasteiger partial charge in [0.2, 0.25) is 21.8 Å². The molecule has 2 heterocycles. The Morgan fingerprint density at radius 1 is 0.970 bits per heavy atom. The zero-order valence-electron chi connectivity index (χ0n) is 18.7. The number of ether oxygens (including phenoxy) is 1. The molecule has 0 bridgehead atoms. The average molecular weight is 469 g/mol. The van der Waals surface area contributed by atoms with Crippen molar-refractivity contribution in [3.8, 4) is 5.75 Å². The van der Waals surface area contributed by atoms with Gasteiger partial charge in [-0.3, -0.25) is 14.5 Å². The molecule has 2 aromatic rings. The number of hydrogen-bond donors (Lipinski definition) is 0. The van der Waals surface area contributed by atoms with Crippen LogP contribution in [0.4, 0.5) is 0 Å². The van der Waals surface area contributed by atoms with Crippen LogP contribution in [0.1, 0.15) is 42.4 Å². The second-order valence-electron chi connectivity index (χ2n) is 9.10. The Hall–Kier alpha value is -2.71. The van der Waals surface area contributed by atoms with Crippen molar-refractivity contribution in [1.82, 2.24) is 9.21 Å². The first-order valence-electron chi connectivity index (χ1n) is 11.5. The fraction of sp³-hybridized carbons (Fsp3) is 0.440. The van der Waals surface area contributed by atoms with Crippen LogP contribution in [0.3, 0.4) is 0 Å². The lowest BCUT2D eigenvalue weighted by Crippen LogP contribution is -2.36. The number of benzene rings is 2. The Kier molecular flexibility index (Phi) is 5.74. The van der Waals surface area contributed by atoms with Crippen LogP contribution in [0.2, 0.25) is 0 Å². The highest BCUT2D eigenvalue weighted by molar-refractivity contribution is 7.89. The van der Waals surface area contributed by atoms with Crippen LogP contribution in [0.15, 0.2) is 47.4 Å². The molecule has 33 heavy (non-hydrogen) atoms. The van der Waals surface area contributed by atoms with Crippen molar-refractivity contribution in [2.24, 2.45) is 11.8 Å². The summed E-state index contributed by atoms with van der Waals surface area (Å²) in [5.74, 6) is -0.442. The highest BCUT2D eigenvalue weighted by atomic mass is 32.2. The van der Waals surface area contributed by atoms with E-state index in [1.54, 1.807) is 18.2 Å². The van der Waals surface area contributed by atoms with Crippen LogP contribution in [-0.4, -0.2) is 43.1 Å². The Bertz CT molecular complexity index is 1190. The second kappa shape index (κ2) is 8.57. The molecule has 5 rings (SSSR count). The molecule has 1 aliphatic carbocycles. The highest BCUT2D eigenvalue weighted by Crippen LogP contribution is 2.39. The molecule has 1 saturated carbocycles. The molecule has 0 radical (unpaired) electrons. The van der Waals surface area contributed by atoms with Crippen LogP contribution in [0, 0.1) is 11.8 Å².